The van der Waals surface area contributed by atoms with Gasteiger partial charge in [0.2, 0.25) is 33.4 Å². The van der Waals surface area contributed by atoms with Gasteiger partial charge in [0.25, 0.3) is 20.2 Å². The molecule has 3 unspecified atom stereocenters. The number of rotatable bonds is 31. The number of benzene rings is 3. The molecule has 2 aromatic heterocycles. The number of amides is 2. The number of hydrogen-bond acceptors (Lipinski definition) is 26. The van der Waals surface area contributed by atoms with Crippen LogP contribution in [0.25, 0.3) is 11.1 Å². The Hall–Kier alpha value is -8.86. The first kappa shape index (κ1) is 77.7. The van der Waals surface area contributed by atoms with Crippen molar-refractivity contribution in [3.8, 4) is 28.4 Å². The van der Waals surface area contributed by atoms with E-state index >= 15 is 0 Å². The number of hydrogen-bond donors (Lipinski definition) is 9. The molecule has 2 saturated heterocycles. The van der Waals surface area contributed by atoms with E-state index in [-0.39, 0.29) is 113 Å². The van der Waals surface area contributed by atoms with Gasteiger partial charge >= 0.3 is 17.9 Å². The number of nitrogens with zero attached hydrogens (tertiary/aromatic N) is 11. The molecule has 3 atom stereocenters. The summed E-state index contributed by atoms with van der Waals surface area (Å²) in [5, 5.41) is 51.0. The van der Waals surface area contributed by atoms with E-state index in [1.807, 2.05) is 66.2 Å². The Morgan fingerprint density at radius 1 is 0.644 bits per heavy atom. The minimum Gasteiger partial charge on any atom is -0.488 e. The van der Waals surface area contributed by atoms with Gasteiger partial charge in [-0.05, 0) is 110 Å². The van der Waals surface area contributed by atoms with Crippen molar-refractivity contribution in [1.29, 1.82) is 0 Å². The fraction of sp³-hybridized carbons (Fsp3) is 0.455. The van der Waals surface area contributed by atoms with Crippen LogP contribution in [0.15, 0.2) is 115 Å². The fourth-order valence-corrected chi connectivity index (χ4v) is 15.5. The Bertz CT molecular complexity index is 4400. The van der Waals surface area contributed by atoms with E-state index in [2.05, 4.69) is 41.5 Å². The van der Waals surface area contributed by atoms with Gasteiger partial charge in [0.1, 0.15) is 42.8 Å². The first-order valence-corrected chi connectivity index (χ1v) is 38.4. The van der Waals surface area contributed by atoms with Crippen LogP contribution in [0.3, 0.4) is 0 Å². The van der Waals surface area contributed by atoms with Gasteiger partial charge in [-0.1, -0.05) is 47.1 Å². The van der Waals surface area contributed by atoms with Crippen LogP contribution in [0.1, 0.15) is 39.9 Å². The van der Waals surface area contributed by atoms with Crippen LogP contribution in [0.4, 0.5) is 0 Å². The maximum atomic E-state index is 14.2. The summed E-state index contributed by atoms with van der Waals surface area (Å²) in [4.78, 5) is 82.0. The molecule has 34 nitrogen and oxygen atoms in total. The van der Waals surface area contributed by atoms with Crippen molar-refractivity contribution in [3.05, 3.63) is 149 Å². The number of carbonyl (C=O) groups excluding carboxylic acids is 2. The summed E-state index contributed by atoms with van der Waals surface area (Å²) in [6, 6.07) is 16.1. The van der Waals surface area contributed by atoms with Crippen molar-refractivity contribution < 1.29 is 87.9 Å². The third kappa shape index (κ3) is 18.3. The third-order valence-electron chi connectivity index (χ3n) is 19.0. The van der Waals surface area contributed by atoms with E-state index in [0.29, 0.717) is 55.3 Å². The van der Waals surface area contributed by atoms with Gasteiger partial charge in [0, 0.05) is 134 Å². The SMILES string of the molecule is Cc1c(COc2cc(OCc3cncc(S(C)(=O)=O)c3)c(CN(C)CC(=O)NCC(S(=O)(=O)O)S(=O)(=O)O)cc2Cl)cccc1-c1cccc(OCc2cn(CCCN3CCN(C(=O)CN4CCN(C5(C(=O)O)C=CN5)CCN(C5(C(=O)O)C=CN5)CCN(C5(C(=O)O)C=CN5)CC4)CC3)nn2)c1C. The Labute approximate surface area is 606 Å². The second-order valence-corrected chi connectivity index (χ2v) is 31.9. The Balaban J connectivity index is 0.718. The van der Waals surface area contributed by atoms with Gasteiger partial charge in [-0.15, -0.1) is 5.10 Å². The van der Waals surface area contributed by atoms with Gasteiger partial charge in [-0.2, -0.15) is 16.8 Å². The highest BCUT2D eigenvalue weighted by atomic mass is 35.5. The zero-order valence-electron chi connectivity index (χ0n) is 57.5. The molecule has 3 aromatic carbocycles. The number of nitrogens with one attached hydrogen (secondary N) is 4. The van der Waals surface area contributed by atoms with Crippen LogP contribution in [0.2, 0.25) is 5.02 Å². The molecule has 5 aliphatic rings. The molecule has 562 valence electrons. The average molecular weight is 1520 g/mol. The molecule has 10 rings (SSSR count). The molecule has 9 N–H and O–H groups in total. The number of sulfone groups is 1. The molecule has 0 bridgehead atoms. The van der Waals surface area contributed by atoms with Crippen molar-refractivity contribution in [1.82, 2.24) is 75.5 Å². The van der Waals surface area contributed by atoms with Crippen molar-refractivity contribution in [2.45, 2.75) is 79.6 Å². The van der Waals surface area contributed by atoms with Crippen molar-refractivity contribution in [3.63, 3.8) is 0 Å². The van der Waals surface area contributed by atoms with E-state index in [9.17, 15) is 73.7 Å². The van der Waals surface area contributed by atoms with Crippen LogP contribution in [-0.2, 0) is 87.0 Å². The highest BCUT2D eigenvalue weighted by molar-refractivity contribution is 8.04. The van der Waals surface area contributed by atoms with Crippen LogP contribution in [0.5, 0.6) is 17.2 Å². The first-order chi connectivity index (χ1) is 49.3. The van der Waals surface area contributed by atoms with Crippen molar-refractivity contribution in [2.24, 2.45) is 0 Å². The molecule has 5 aliphatic heterocycles. The minimum absolute atomic E-state index is 0.00292. The fourth-order valence-electron chi connectivity index (χ4n) is 12.8. The number of ether oxygens (including phenoxy) is 3. The molecule has 2 fully saturated rings. The molecule has 0 aliphatic carbocycles. The summed E-state index contributed by atoms with van der Waals surface area (Å²) < 4.78 is 108. The lowest BCUT2D eigenvalue weighted by atomic mass is 9.93. The highest BCUT2D eigenvalue weighted by Crippen LogP contribution is 2.38. The Kier molecular flexibility index (Phi) is 24.4. The van der Waals surface area contributed by atoms with Crippen LogP contribution >= 0.6 is 11.6 Å². The van der Waals surface area contributed by atoms with Gasteiger partial charge < -0.3 is 55.7 Å². The quantitative estimate of drug-likeness (QED) is 0.0278. The Morgan fingerprint density at radius 2 is 1.17 bits per heavy atom. The Morgan fingerprint density at radius 3 is 1.71 bits per heavy atom. The number of aliphatic carboxylic acids is 3. The average Bonchev–Trinajstić information content (AvgIpc) is 0.814. The van der Waals surface area contributed by atoms with E-state index in [1.165, 1.54) is 54.8 Å². The maximum absolute atomic E-state index is 14.2. The summed E-state index contributed by atoms with van der Waals surface area (Å²) in [5.74, 6) is -3.34. The number of pyridine rings is 1. The van der Waals surface area contributed by atoms with Gasteiger partial charge in [-0.3, -0.25) is 57.8 Å². The van der Waals surface area contributed by atoms with E-state index < -0.39 is 88.5 Å². The zero-order chi connectivity index (χ0) is 74.9. The third-order valence-corrected chi connectivity index (χ3v) is 23.5. The second kappa shape index (κ2) is 32.7. The minimum atomic E-state index is -5.30. The molecular weight excluding hydrogens is 1440 g/mol. The number of halogens is 1. The number of aryl methyl sites for hydroxylation is 1. The molecule has 7 heterocycles. The molecule has 0 saturated carbocycles. The smallest absolute Gasteiger partial charge is 0.349 e. The summed E-state index contributed by atoms with van der Waals surface area (Å²) in [6.07, 6.45) is 15.5. The lowest BCUT2D eigenvalue weighted by Crippen LogP contribution is -2.72. The van der Waals surface area contributed by atoms with Crippen LogP contribution in [-0.4, -0.2) is 273 Å². The molecule has 38 heteroatoms. The summed E-state index contributed by atoms with van der Waals surface area (Å²) in [7, 11) is -12.7. The van der Waals surface area contributed by atoms with Gasteiger partial charge in [-0.25, -0.2) is 22.8 Å². The number of carboxylic acids is 3. The predicted molar refractivity (Wildman–Crippen MR) is 376 cm³/mol. The number of carbonyl (C=O) groups is 5. The van der Waals surface area contributed by atoms with E-state index in [1.54, 1.807) is 43.9 Å². The van der Waals surface area contributed by atoms with Gasteiger partial charge in [0.15, 0.2) is 9.84 Å². The second-order valence-electron chi connectivity index (χ2n) is 25.9. The standard InChI is InChI=1S/C66H84ClN15O19S3/c1-45-48(43-100-57-34-56(99-42-47-32-51(36-68-35-47)102(4,91)92)49(33-54(57)67)38-75(3)40-58(83)69-37-60(103(93,94)95)104(96,97)98)8-5-9-52(45)53-10-6-11-55(46(53)2)101-44-50-39-82(74-73-50)19-7-18-76-20-24-78(25-21-76)59(84)41-77-22-26-79(64(61(85)86)12-15-70-64)28-30-81(66(63(89)90)14-17-72-66)31-29-80(27-23-77)65(62(87)88)13-16-71-65/h5-6,8-17,32-36,39,60,70-72H,7,18-31,37-38,40-44H2,1-4H3,(H,69,83)(H,85,86)(H,87,88)(H,89,90)(H,93,94,95)(H,96,97,98). The molecule has 0 radical (unpaired) electrons. The molecule has 0 spiro atoms. The molecule has 5 aromatic rings. The van der Waals surface area contributed by atoms with Crippen molar-refractivity contribution in [2.75, 3.05) is 118 Å². The highest BCUT2D eigenvalue weighted by Gasteiger charge is 2.51. The lowest BCUT2D eigenvalue weighted by Gasteiger charge is -2.49. The number of aromatic nitrogens is 4. The maximum Gasteiger partial charge on any atom is 0.349 e. The van der Waals surface area contributed by atoms with E-state index in [0.717, 1.165) is 47.0 Å². The topological polar surface area (TPSA) is 431 Å². The van der Waals surface area contributed by atoms with E-state index in [4.69, 9.17) is 25.8 Å². The number of carboxylic acid groups (broad SMARTS) is 3. The summed E-state index contributed by atoms with van der Waals surface area (Å²) >= 11 is 6.86. The largest absolute Gasteiger partial charge is 0.488 e. The van der Waals surface area contributed by atoms with Crippen LogP contribution in [0, 0.1) is 13.8 Å². The summed E-state index contributed by atoms with van der Waals surface area (Å²) in [6.45, 7) is 7.18. The molecular formula is C66H84ClN15O19S3. The number of piperazine rings is 1. The van der Waals surface area contributed by atoms with Gasteiger partial charge in [0.05, 0.1) is 35.7 Å². The zero-order valence-corrected chi connectivity index (χ0v) is 60.7. The van der Waals surface area contributed by atoms with Crippen molar-refractivity contribution >= 4 is 71.4 Å². The monoisotopic (exact) mass is 1520 g/mol. The predicted octanol–water partition coefficient (Wildman–Crippen LogP) is 0.850. The number of likely N-dealkylation sites (N-methyl/N-ethyl adjacent to an activating group) is 1. The lowest BCUT2D eigenvalue weighted by molar-refractivity contribution is -0.156. The summed E-state index contributed by atoms with van der Waals surface area (Å²) in [5.41, 5.74) is 1.16. The first-order valence-electron chi connectivity index (χ1n) is 33.1. The molecule has 2 amide bonds. The molecule has 104 heavy (non-hydrogen) atoms. The normalized spacial score (nSPS) is 20.9. The van der Waals surface area contributed by atoms with Crippen LogP contribution < -0.4 is 35.5 Å².